The summed E-state index contributed by atoms with van der Waals surface area (Å²) in [5.74, 6) is 0.979. The Balaban J connectivity index is 2.10. The molecule has 1 unspecified atom stereocenters. The number of halogens is 1. The Morgan fingerprint density at radius 2 is 2.06 bits per heavy atom. The number of alkyl halides is 1. The first-order chi connectivity index (χ1) is 8.19. The van der Waals surface area contributed by atoms with Crippen LogP contribution in [0, 0.1) is 0 Å². The molecule has 1 heterocycles. The van der Waals surface area contributed by atoms with Gasteiger partial charge in [0, 0.05) is 16.8 Å². The number of thioether (sulfide) groups is 1. The lowest BCUT2D eigenvalue weighted by Gasteiger charge is -2.18. The van der Waals surface area contributed by atoms with Crippen molar-refractivity contribution in [1.82, 2.24) is 0 Å². The van der Waals surface area contributed by atoms with Crippen molar-refractivity contribution in [2.45, 2.75) is 23.1 Å². The lowest BCUT2D eigenvalue weighted by molar-refractivity contribution is 0.999. The molecule has 1 N–H and O–H groups in total. The van der Waals surface area contributed by atoms with E-state index < -0.39 is 0 Å². The van der Waals surface area contributed by atoms with Crippen LogP contribution in [0.5, 0.6) is 0 Å². The second-order valence-corrected chi connectivity index (χ2v) is 6.00. The minimum absolute atomic E-state index is 0.285. The number of hydrogen-bond donors (Lipinski definition) is 1. The van der Waals surface area contributed by atoms with Crippen molar-refractivity contribution in [2.75, 3.05) is 11.6 Å². The minimum atomic E-state index is 0.285. The molecule has 0 saturated heterocycles. The molecular formula is C13H15BrN2S. The highest BCUT2D eigenvalue weighted by atomic mass is 79.9. The summed E-state index contributed by atoms with van der Waals surface area (Å²) in [5, 5.41) is 3.35. The van der Waals surface area contributed by atoms with Gasteiger partial charge in [-0.15, -0.1) is 11.8 Å². The smallest absolute Gasteiger partial charge is 0.120 e. The molecule has 2 rings (SSSR count). The summed E-state index contributed by atoms with van der Waals surface area (Å²) in [6.07, 6.45) is 5.01. The highest BCUT2D eigenvalue weighted by Crippen LogP contribution is 2.22. The van der Waals surface area contributed by atoms with Gasteiger partial charge in [-0.1, -0.05) is 21.5 Å². The standard InChI is InChI=1S/C13H15BrN2S/c1-9-7-12(14)13(15-8-9)16-10-3-5-11(17-2)6-4-10/h3-6,8,12H,7H2,1-2H3,(H,15,16). The predicted molar refractivity (Wildman–Crippen MR) is 80.4 cm³/mol. The molecule has 1 aromatic rings. The van der Waals surface area contributed by atoms with Gasteiger partial charge in [0.25, 0.3) is 0 Å². The van der Waals surface area contributed by atoms with E-state index in [1.54, 1.807) is 11.8 Å². The van der Waals surface area contributed by atoms with E-state index in [4.69, 9.17) is 0 Å². The monoisotopic (exact) mass is 310 g/mol. The quantitative estimate of drug-likeness (QED) is 0.651. The molecule has 2 nitrogen and oxygen atoms in total. The van der Waals surface area contributed by atoms with Crippen LogP contribution in [0.1, 0.15) is 13.3 Å². The summed E-state index contributed by atoms with van der Waals surface area (Å²) in [7, 11) is 0. The number of benzene rings is 1. The Bertz CT molecular complexity index is 451. The molecule has 0 aliphatic carbocycles. The molecule has 1 aliphatic heterocycles. The fraction of sp³-hybridized carbons (Fsp3) is 0.308. The normalized spacial score (nSPS) is 19.6. The molecule has 90 valence electrons. The summed E-state index contributed by atoms with van der Waals surface area (Å²) < 4.78 is 0. The fourth-order valence-electron chi connectivity index (χ4n) is 1.63. The number of hydrogen-bond acceptors (Lipinski definition) is 3. The van der Waals surface area contributed by atoms with Crippen LogP contribution >= 0.6 is 27.7 Å². The lowest BCUT2D eigenvalue weighted by atomic mass is 10.1. The number of anilines is 1. The van der Waals surface area contributed by atoms with Crippen molar-refractivity contribution < 1.29 is 0 Å². The molecule has 1 atom stereocenters. The molecule has 1 aliphatic rings. The second kappa shape index (κ2) is 5.74. The van der Waals surface area contributed by atoms with Crippen molar-refractivity contribution in [2.24, 2.45) is 4.99 Å². The first-order valence-electron chi connectivity index (χ1n) is 5.47. The predicted octanol–water partition coefficient (Wildman–Crippen LogP) is 4.29. The maximum atomic E-state index is 4.42. The maximum Gasteiger partial charge on any atom is 0.120 e. The van der Waals surface area contributed by atoms with Crippen LogP contribution in [0.15, 0.2) is 45.9 Å². The van der Waals surface area contributed by atoms with Crippen molar-refractivity contribution in [3.05, 3.63) is 36.0 Å². The average molecular weight is 311 g/mol. The van der Waals surface area contributed by atoms with Gasteiger partial charge >= 0.3 is 0 Å². The van der Waals surface area contributed by atoms with Crippen molar-refractivity contribution >= 4 is 39.2 Å². The number of allylic oxidation sites excluding steroid dienone is 1. The Morgan fingerprint density at radius 3 is 2.65 bits per heavy atom. The molecule has 0 amide bonds. The number of nitrogens with one attached hydrogen (secondary N) is 1. The van der Waals surface area contributed by atoms with Crippen LogP contribution in [0.25, 0.3) is 0 Å². The number of amidine groups is 1. The summed E-state index contributed by atoms with van der Waals surface area (Å²) >= 11 is 5.39. The highest BCUT2D eigenvalue weighted by molar-refractivity contribution is 9.10. The first kappa shape index (κ1) is 12.7. The van der Waals surface area contributed by atoms with Crippen molar-refractivity contribution in [1.29, 1.82) is 0 Å². The molecule has 0 aromatic heterocycles. The Morgan fingerprint density at radius 1 is 1.35 bits per heavy atom. The van der Waals surface area contributed by atoms with Crippen LogP contribution in [-0.2, 0) is 0 Å². The third-order valence-corrected chi connectivity index (χ3v) is 4.09. The van der Waals surface area contributed by atoms with Crippen molar-refractivity contribution in [3.63, 3.8) is 0 Å². The average Bonchev–Trinajstić information content (AvgIpc) is 2.34. The molecule has 1 aromatic carbocycles. The molecule has 0 bridgehead atoms. The Kier molecular flexibility index (Phi) is 4.29. The summed E-state index contributed by atoms with van der Waals surface area (Å²) in [5.41, 5.74) is 2.38. The van der Waals surface area contributed by atoms with E-state index >= 15 is 0 Å². The maximum absolute atomic E-state index is 4.42. The first-order valence-corrected chi connectivity index (χ1v) is 7.61. The third-order valence-electron chi connectivity index (χ3n) is 2.58. The molecule has 0 spiro atoms. The Labute approximate surface area is 115 Å². The van der Waals surface area contributed by atoms with Gasteiger partial charge in [-0.05, 0) is 43.9 Å². The molecule has 4 heteroatoms. The van der Waals surface area contributed by atoms with E-state index in [0.717, 1.165) is 17.9 Å². The highest BCUT2D eigenvalue weighted by Gasteiger charge is 2.16. The second-order valence-electron chi connectivity index (χ2n) is 4.01. The van der Waals surface area contributed by atoms with Gasteiger partial charge in [-0.25, -0.2) is 4.99 Å². The SMILES string of the molecule is CSc1ccc(NC2=NC=C(C)CC2Br)cc1. The lowest BCUT2D eigenvalue weighted by Crippen LogP contribution is -2.25. The van der Waals surface area contributed by atoms with E-state index in [1.165, 1.54) is 10.5 Å². The van der Waals surface area contributed by atoms with E-state index in [0.29, 0.717) is 0 Å². The van der Waals surface area contributed by atoms with Gasteiger partial charge < -0.3 is 5.32 Å². The van der Waals surface area contributed by atoms with Crippen LogP contribution in [-0.4, -0.2) is 16.9 Å². The van der Waals surface area contributed by atoms with E-state index in [-0.39, 0.29) is 4.83 Å². The van der Waals surface area contributed by atoms with Gasteiger partial charge in [-0.3, -0.25) is 0 Å². The molecular weight excluding hydrogens is 296 g/mol. The van der Waals surface area contributed by atoms with Crippen LogP contribution in [0.2, 0.25) is 0 Å². The zero-order valence-electron chi connectivity index (χ0n) is 9.90. The molecule has 0 saturated carbocycles. The van der Waals surface area contributed by atoms with Crippen LogP contribution < -0.4 is 5.32 Å². The molecule has 17 heavy (non-hydrogen) atoms. The zero-order valence-corrected chi connectivity index (χ0v) is 12.3. The van der Waals surface area contributed by atoms with Gasteiger partial charge in [0.1, 0.15) is 5.84 Å². The largest absolute Gasteiger partial charge is 0.343 e. The van der Waals surface area contributed by atoms with Crippen LogP contribution in [0.3, 0.4) is 0 Å². The summed E-state index contributed by atoms with van der Waals surface area (Å²) in [6.45, 7) is 2.10. The number of rotatable bonds is 2. The molecule has 0 fully saturated rings. The molecule has 0 radical (unpaired) electrons. The van der Waals surface area contributed by atoms with E-state index in [1.807, 2.05) is 6.20 Å². The van der Waals surface area contributed by atoms with Gasteiger partial charge in [-0.2, -0.15) is 0 Å². The summed E-state index contributed by atoms with van der Waals surface area (Å²) in [4.78, 5) is 5.98. The Hall–Kier alpha value is -0.740. The van der Waals surface area contributed by atoms with Gasteiger partial charge in [0.2, 0.25) is 0 Å². The topological polar surface area (TPSA) is 24.4 Å². The zero-order chi connectivity index (χ0) is 12.3. The van der Waals surface area contributed by atoms with Gasteiger partial charge in [0.05, 0.1) is 4.83 Å². The van der Waals surface area contributed by atoms with E-state index in [2.05, 4.69) is 63.7 Å². The van der Waals surface area contributed by atoms with Gasteiger partial charge in [0.15, 0.2) is 0 Å². The van der Waals surface area contributed by atoms with Crippen molar-refractivity contribution in [3.8, 4) is 0 Å². The van der Waals surface area contributed by atoms with E-state index in [9.17, 15) is 0 Å². The fourth-order valence-corrected chi connectivity index (χ4v) is 2.78. The minimum Gasteiger partial charge on any atom is -0.343 e. The third kappa shape index (κ3) is 3.36. The van der Waals surface area contributed by atoms with Crippen LogP contribution in [0.4, 0.5) is 5.69 Å². The number of nitrogens with zero attached hydrogens (tertiary/aromatic N) is 1. The number of aliphatic imine (C=N–C) groups is 1. The summed E-state index contributed by atoms with van der Waals surface area (Å²) in [6, 6.07) is 8.39.